The minimum absolute atomic E-state index is 0.0455. The number of likely N-dealkylation sites (N-methyl/N-ethyl adjacent to an activating group) is 1. The molecule has 1 amide bonds. The fraction of sp³-hybridized carbons (Fsp3) is 0.934. The number of phosphoric acid groups is 1. The molecule has 0 fully saturated rings. The van der Waals surface area contributed by atoms with Gasteiger partial charge in [0, 0.05) is 12.8 Å². The molecule has 0 aromatic carbocycles. The summed E-state index contributed by atoms with van der Waals surface area (Å²) in [6.45, 7) is 7.04. The topological polar surface area (TPSA) is 111 Å². The van der Waals surface area contributed by atoms with Gasteiger partial charge in [-0.15, -0.1) is 0 Å². The Bertz CT molecular complexity index is 1230. The van der Waals surface area contributed by atoms with Crippen LogP contribution in [0.5, 0.6) is 0 Å². The number of carbonyl (C=O) groups excluding carboxylic acids is 2. The number of rotatable bonds is 57. The summed E-state index contributed by atoms with van der Waals surface area (Å²) in [7, 11) is 1.52. The van der Waals surface area contributed by atoms with E-state index < -0.39 is 20.0 Å². The second-order valence-corrected chi connectivity index (χ2v) is 24.1. The molecule has 10 heteroatoms. The largest absolute Gasteiger partial charge is 0.472 e. The van der Waals surface area contributed by atoms with E-state index in [0.717, 1.165) is 57.8 Å². The first-order chi connectivity index (χ1) is 34.4. The number of allylic oxidation sites excluding steroid dienone is 1. The maximum atomic E-state index is 13.5. The Morgan fingerprint density at radius 3 is 1.15 bits per heavy atom. The van der Waals surface area contributed by atoms with Crippen molar-refractivity contribution in [1.29, 1.82) is 0 Å². The molecule has 0 bridgehead atoms. The Morgan fingerprint density at radius 1 is 0.479 bits per heavy atom. The van der Waals surface area contributed by atoms with E-state index in [9.17, 15) is 19.0 Å². The molecule has 0 rings (SSSR count). The number of amides is 1. The van der Waals surface area contributed by atoms with Crippen LogP contribution in [-0.2, 0) is 27.9 Å². The first-order valence-corrected chi connectivity index (χ1v) is 32.5. The van der Waals surface area contributed by atoms with Gasteiger partial charge in [-0.2, -0.15) is 0 Å². The van der Waals surface area contributed by atoms with Gasteiger partial charge in [0.15, 0.2) is 0 Å². The van der Waals surface area contributed by atoms with Crippen LogP contribution < -0.4 is 5.32 Å². The van der Waals surface area contributed by atoms with Crippen LogP contribution in [0.25, 0.3) is 0 Å². The number of hydrogen-bond acceptors (Lipinski definition) is 6. The maximum Gasteiger partial charge on any atom is 0.472 e. The molecule has 422 valence electrons. The zero-order chi connectivity index (χ0) is 52.2. The second-order valence-electron chi connectivity index (χ2n) is 22.6. The zero-order valence-corrected chi connectivity index (χ0v) is 49.1. The number of unbranched alkanes of at least 4 members (excludes halogenated alkanes) is 41. The molecule has 3 unspecified atom stereocenters. The molecule has 0 spiro atoms. The molecule has 0 radical (unpaired) electrons. The Hall–Kier alpha value is -1.25. The van der Waals surface area contributed by atoms with Crippen LogP contribution in [0.15, 0.2) is 12.2 Å². The fourth-order valence-corrected chi connectivity index (χ4v) is 10.1. The standard InChI is InChI=1S/C61H121N2O7P/c1-7-10-13-16-19-22-25-26-27-28-29-30-31-32-33-34-35-36-39-41-44-47-50-53-60(64)62-58(57-69-71(66,67)68-56-55-63(4,5)6)59(52-49-46-43-40-37-23-20-17-14-11-8-2)70-61(65)54-51-48-45-42-38-24-21-18-15-12-9-3/h49,52,58-59H,7-48,50-51,53-57H2,1-6H3,(H-,62,64,66,67)/p+1/b52-49-. The van der Waals surface area contributed by atoms with Gasteiger partial charge in [-0.25, -0.2) is 4.57 Å². The average Bonchev–Trinajstić information content (AvgIpc) is 3.33. The number of carbonyl (C=O) groups is 2. The van der Waals surface area contributed by atoms with Crippen LogP contribution in [0.3, 0.4) is 0 Å². The number of nitrogens with one attached hydrogen (secondary N) is 1. The second kappa shape index (κ2) is 52.2. The lowest BCUT2D eigenvalue weighted by Gasteiger charge is -2.27. The summed E-state index contributed by atoms with van der Waals surface area (Å²) in [4.78, 5) is 37.6. The van der Waals surface area contributed by atoms with Crippen molar-refractivity contribution < 1.29 is 37.3 Å². The van der Waals surface area contributed by atoms with Crippen molar-refractivity contribution in [3.05, 3.63) is 12.2 Å². The van der Waals surface area contributed by atoms with Gasteiger partial charge in [-0.3, -0.25) is 18.6 Å². The lowest BCUT2D eigenvalue weighted by Crippen LogP contribution is -2.47. The molecular formula is C61H122N2O7P+. The van der Waals surface area contributed by atoms with Gasteiger partial charge in [0.1, 0.15) is 19.3 Å². The predicted molar refractivity (Wildman–Crippen MR) is 305 cm³/mol. The number of hydrogen-bond donors (Lipinski definition) is 2. The summed E-state index contributed by atoms with van der Waals surface area (Å²) in [5.74, 6) is -0.487. The molecule has 9 nitrogen and oxygen atoms in total. The molecule has 0 aliphatic heterocycles. The Labute approximate surface area is 441 Å². The van der Waals surface area contributed by atoms with Crippen molar-refractivity contribution in [1.82, 2.24) is 5.32 Å². The summed E-state index contributed by atoms with van der Waals surface area (Å²) in [6.07, 6.45) is 59.3. The van der Waals surface area contributed by atoms with Crippen LogP contribution in [0.4, 0.5) is 0 Å². The van der Waals surface area contributed by atoms with Crippen molar-refractivity contribution >= 4 is 19.7 Å². The molecule has 0 saturated carbocycles. The van der Waals surface area contributed by atoms with Gasteiger partial charge in [0.2, 0.25) is 5.91 Å². The first kappa shape index (κ1) is 69.8. The molecular weight excluding hydrogens is 904 g/mol. The number of nitrogens with zero attached hydrogens (tertiary/aromatic N) is 1. The van der Waals surface area contributed by atoms with E-state index in [2.05, 4.69) is 26.1 Å². The van der Waals surface area contributed by atoms with Crippen LogP contribution in [-0.4, -0.2) is 74.3 Å². The third-order valence-electron chi connectivity index (χ3n) is 14.2. The minimum atomic E-state index is -4.43. The Kier molecular flexibility index (Phi) is 51.3. The molecule has 2 N–H and O–H groups in total. The zero-order valence-electron chi connectivity index (χ0n) is 48.2. The highest BCUT2D eigenvalue weighted by Crippen LogP contribution is 2.43. The minimum Gasteiger partial charge on any atom is -0.456 e. The maximum absolute atomic E-state index is 13.5. The summed E-state index contributed by atoms with van der Waals surface area (Å²) in [5.41, 5.74) is 0. The van der Waals surface area contributed by atoms with E-state index in [-0.39, 0.29) is 25.1 Å². The summed E-state index contributed by atoms with van der Waals surface area (Å²) < 4.78 is 30.6. The third kappa shape index (κ3) is 53.4. The van der Waals surface area contributed by atoms with Crippen molar-refractivity contribution in [2.24, 2.45) is 0 Å². The molecule has 3 atom stereocenters. The number of phosphoric ester groups is 1. The fourth-order valence-electron chi connectivity index (χ4n) is 9.41. The summed E-state index contributed by atoms with van der Waals surface area (Å²) in [6, 6.07) is -0.838. The van der Waals surface area contributed by atoms with Crippen LogP contribution in [0.2, 0.25) is 0 Å². The van der Waals surface area contributed by atoms with Gasteiger partial charge in [0.05, 0.1) is 33.8 Å². The van der Waals surface area contributed by atoms with E-state index in [4.69, 9.17) is 13.8 Å². The van der Waals surface area contributed by atoms with E-state index >= 15 is 0 Å². The highest BCUT2D eigenvalue weighted by Gasteiger charge is 2.30. The van der Waals surface area contributed by atoms with E-state index in [1.54, 1.807) is 0 Å². The van der Waals surface area contributed by atoms with Crippen molar-refractivity contribution in [2.45, 2.75) is 328 Å². The number of ether oxygens (including phenoxy) is 1. The number of quaternary nitrogens is 1. The van der Waals surface area contributed by atoms with E-state index in [1.807, 2.05) is 33.3 Å². The SMILES string of the molecule is CCCCCCCCCCC/C=C\C(OC(=O)CCCCCCCCCCCCC)C(COP(=O)(O)OCC[N+](C)(C)C)NC(=O)CCCCCCCCCCCCCCCCCCCCCCCCC. The monoisotopic (exact) mass is 1030 g/mol. The van der Waals surface area contributed by atoms with Crippen LogP contribution in [0.1, 0.15) is 316 Å². The smallest absolute Gasteiger partial charge is 0.456 e. The van der Waals surface area contributed by atoms with Crippen molar-refractivity contribution in [2.75, 3.05) is 40.9 Å². The summed E-state index contributed by atoms with van der Waals surface area (Å²) >= 11 is 0. The highest BCUT2D eigenvalue weighted by atomic mass is 31.2. The molecule has 0 aliphatic rings. The third-order valence-corrected chi connectivity index (χ3v) is 15.2. The van der Waals surface area contributed by atoms with Gasteiger partial charge < -0.3 is 19.4 Å². The van der Waals surface area contributed by atoms with Crippen LogP contribution >= 0.6 is 7.82 Å². The van der Waals surface area contributed by atoms with Crippen LogP contribution in [0, 0.1) is 0 Å². The average molecular weight is 1030 g/mol. The Morgan fingerprint density at radius 2 is 0.803 bits per heavy atom. The van der Waals surface area contributed by atoms with Gasteiger partial charge in [-0.1, -0.05) is 284 Å². The molecule has 0 aromatic heterocycles. The Balaban J connectivity index is 5.03. The van der Waals surface area contributed by atoms with Crippen molar-refractivity contribution in [3.8, 4) is 0 Å². The lowest BCUT2D eigenvalue weighted by molar-refractivity contribution is -0.870. The highest BCUT2D eigenvalue weighted by molar-refractivity contribution is 7.47. The quantitative estimate of drug-likeness (QED) is 0.0205. The molecule has 0 aromatic rings. The van der Waals surface area contributed by atoms with E-state index in [1.165, 1.54) is 225 Å². The van der Waals surface area contributed by atoms with Crippen molar-refractivity contribution in [3.63, 3.8) is 0 Å². The van der Waals surface area contributed by atoms with Gasteiger partial charge in [-0.05, 0) is 31.8 Å². The normalized spacial score (nSPS) is 13.7. The van der Waals surface area contributed by atoms with E-state index in [0.29, 0.717) is 23.9 Å². The molecule has 71 heavy (non-hydrogen) atoms. The van der Waals surface area contributed by atoms with Gasteiger partial charge >= 0.3 is 13.8 Å². The lowest BCUT2D eigenvalue weighted by atomic mass is 10.0. The molecule has 0 aliphatic carbocycles. The predicted octanol–water partition coefficient (Wildman–Crippen LogP) is 18.8. The molecule has 0 heterocycles. The van der Waals surface area contributed by atoms with Gasteiger partial charge in [0.25, 0.3) is 0 Å². The first-order valence-electron chi connectivity index (χ1n) is 31.0. The number of esters is 1. The summed E-state index contributed by atoms with van der Waals surface area (Å²) in [5, 5.41) is 3.06. The molecule has 0 saturated heterocycles.